The summed E-state index contributed by atoms with van der Waals surface area (Å²) < 4.78 is 0.965. The summed E-state index contributed by atoms with van der Waals surface area (Å²) in [6, 6.07) is 3.77. The molecule has 0 radical (unpaired) electrons. The molecule has 0 N–H and O–H groups in total. The molecule has 0 aliphatic heterocycles. The molecule has 1 aromatic heterocycles. The summed E-state index contributed by atoms with van der Waals surface area (Å²) in [5.41, 5.74) is 0. The Morgan fingerprint density at radius 1 is 1.31 bits per heavy atom. The molecule has 0 aromatic carbocycles. The van der Waals surface area contributed by atoms with Gasteiger partial charge in [-0.25, -0.2) is 0 Å². The van der Waals surface area contributed by atoms with Crippen molar-refractivity contribution in [1.82, 2.24) is 0 Å². The second kappa shape index (κ2) is 3.55. The lowest BCUT2D eigenvalue weighted by molar-refractivity contribution is -0.114. The van der Waals surface area contributed by atoms with Crippen molar-refractivity contribution in [3.05, 3.63) is 17.5 Å². The molecule has 70 valence electrons. The first-order valence-electron chi connectivity index (χ1n) is 4.05. The number of carbonyl (C=O) groups is 2. The molecule has 0 aliphatic rings. The van der Waals surface area contributed by atoms with Crippen molar-refractivity contribution in [2.45, 2.75) is 20.4 Å². The van der Waals surface area contributed by atoms with E-state index in [1.54, 1.807) is 0 Å². The average molecular weight is 212 g/mol. The van der Waals surface area contributed by atoms with Gasteiger partial charge in [-0.1, -0.05) is 18.7 Å². The van der Waals surface area contributed by atoms with Crippen molar-refractivity contribution in [3.63, 3.8) is 0 Å². The zero-order chi connectivity index (χ0) is 10.1. The van der Waals surface area contributed by atoms with E-state index in [2.05, 4.69) is 0 Å². The number of hydrogen-bond donors (Lipinski definition) is 0. The van der Waals surface area contributed by atoms with E-state index in [9.17, 15) is 9.59 Å². The molecule has 0 bridgehead atoms. The zero-order valence-corrected chi connectivity index (χ0v) is 9.77. The predicted octanol–water partition coefficient (Wildman–Crippen LogP) is 1.29. The third-order valence-electron chi connectivity index (χ3n) is 2.42. The van der Waals surface area contributed by atoms with E-state index in [1.807, 2.05) is 24.1 Å². The van der Waals surface area contributed by atoms with E-state index >= 15 is 0 Å². The molecule has 0 unspecified atom stereocenters. The van der Waals surface area contributed by atoms with Gasteiger partial charge in [0.1, 0.15) is 10.8 Å². The molecule has 13 heavy (non-hydrogen) atoms. The summed E-state index contributed by atoms with van der Waals surface area (Å²) in [6.45, 7) is 4.87. The Morgan fingerprint density at radius 2 is 1.85 bits per heavy atom. The van der Waals surface area contributed by atoms with Gasteiger partial charge in [0.05, 0.1) is 0 Å². The van der Waals surface area contributed by atoms with Gasteiger partial charge in [-0.05, 0) is 19.2 Å². The Hall–Kier alpha value is -0.743. The van der Waals surface area contributed by atoms with Crippen molar-refractivity contribution in [1.29, 1.82) is 0 Å². The molecule has 0 amide bonds. The quantitative estimate of drug-likeness (QED) is 0.708. The minimum absolute atomic E-state index is 0.0439. The molecule has 1 rings (SSSR count). The van der Waals surface area contributed by atoms with Gasteiger partial charge in [-0.2, -0.15) is 11.3 Å². The topological polar surface area (TPSA) is 34.1 Å². The van der Waals surface area contributed by atoms with Crippen LogP contribution in [0.1, 0.15) is 13.8 Å². The van der Waals surface area contributed by atoms with Crippen LogP contribution in [-0.4, -0.2) is 18.9 Å². The first kappa shape index (κ1) is 10.3. The van der Waals surface area contributed by atoms with Gasteiger partial charge < -0.3 is 9.59 Å². The first-order valence-corrected chi connectivity index (χ1v) is 7.43. The summed E-state index contributed by atoms with van der Waals surface area (Å²) in [4.78, 5) is 22.9. The summed E-state index contributed by atoms with van der Waals surface area (Å²) in [6.07, 6.45) is 0. The van der Waals surface area contributed by atoms with Crippen molar-refractivity contribution < 1.29 is 9.59 Å². The number of hydrogen-bond acceptors (Lipinski definition) is 3. The highest BCUT2D eigenvalue weighted by Crippen LogP contribution is 2.10. The Morgan fingerprint density at radius 3 is 2.15 bits per heavy atom. The van der Waals surface area contributed by atoms with Crippen LogP contribution in [0, 0.1) is 0 Å². The first-order chi connectivity index (χ1) is 5.99. The Bertz CT molecular complexity index is 315. The van der Waals surface area contributed by atoms with Gasteiger partial charge in [-0.3, -0.25) is 0 Å². The van der Waals surface area contributed by atoms with E-state index in [-0.39, 0.29) is 10.8 Å². The molecule has 1 aromatic rings. The lowest BCUT2D eigenvalue weighted by Crippen LogP contribution is -2.56. The van der Waals surface area contributed by atoms with Crippen molar-refractivity contribution >= 4 is 34.7 Å². The molecule has 0 fully saturated rings. The maximum Gasteiger partial charge on any atom is 0.244 e. The second-order valence-electron chi connectivity index (χ2n) is 3.21. The van der Waals surface area contributed by atoms with Crippen LogP contribution in [-0.2, 0) is 9.59 Å². The van der Waals surface area contributed by atoms with Crippen LogP contribution < -0.4 is 4.50 Å². The van der Waals surface area contributed by atoms with E-state index in [4.69, 9.17) is 0 Å². The van der Waals surface area contributed by atoms with Crippen LogP contribution in [0.3, 0.4) is 0 Å². The summed E-state index contributed by atoms with van der Waals surface area (Å²) in [7, 11) is -2.49. The number of thiophene rings is 1. The van der Waals surface area contributed by atoms with Crippen LogP contribution in [0.4, 0.5) is 0 Å². The molecule has 0 atom stereocenters. The van der Waals surface area contributed by atoms with Gasteiger partial charge >= 0.3 is 0 Å². The zero-order valence-electron chi connectivity index (χ0n) is 7.96. The Kier molecular flexibility index (Phi) is 2.83. The molecule has 0 saturated heterocycles. The molecule has 0 aliphatic carbocycles. The van der Waals surface area contributed by atoms with E-state index < -0.39 is 8.07 Å². The van der Waals surface area contributed by atoms with Gasteiger partial charge in [0, 0.05) is 4.50 Å². The van der Waals surface area contributed by atoms with Crippen molar-refractivity contribution in [3.8, 4) is 0 Å². The van der Waals surface area contributed by atoms with Crippen LogP contribution in [0.2, 0.25) is 6.55 Å². The van der Waals surface area contributed by atoms with Gasteiger partial charge in [0.25, 0.3) is 0 Å². The van der Waals surface area contributed by atoms with Crippen LogP contribution in [0.5, 0.6) is 0 Å². The molecule has 0 saturated carbocycles. The van der Waals surface area contributed by atoms with Crippen LogP contribution >= 0.6 is 11.3 Å². The van der Waals surface area contributed by atoms with Crippen LogP contribution in [0.15, 0.2) is 17.5 Å². The fraction of sp³-hybridized carbons (Fsp3) is 0.333. The van der Waals surface area contributed by atoms with Gasteiger partial charge in [0.2, 0.25) is 8.07 Å². The highest BCUT2D eigenvalue weighted by Gasteiger charge is 2.41. The minimum Gasteiger partial charge on any atom is -0.305 e. The van der Waals surface area contributed by atoms with E-state index in [0.717, 1.165) is 4.50 Å². The maximum atomic E-state index is 11.5. The lowest BCUT2D eigenvalue weighted by atomic mass is 10.7. The fourth-order valence-electron chi connectivity index (χ4n) is 1.16. The normalized spacial score (nSPS) is 11.3. The van der Waals surface area contributed by atoms with E-state index in [0.29, 0.717) is 0 Å². The van der Waals surface area contributed by atoms with Gasteiger partial charge in [-0.15, -0.1) is 0 Å². The van der Waals surface area contributed by atoms with Gasteiger partial charge in [0.15, 0.2) is 0 Å². The lowest BCUT2D eigenvalue weighted by Gasteiger charge is -2.18. The standard InChI is InChI=1S/C9H12O2SSi/c1-7(10)13(3,8(2)11)9-5-4-6-12-9/h4-6H,1-3H3. The SMILES string of the molecule is CC(=O)[Si](C)(C(C)=O)c1cccs1. The predicted molar refractivity (Wildman–Crippen MR) is 56.9 cm³/mol. The molecular weight excluding hydrogens is 200 g/mol. The van der Waals surface area contributed by atoms with E-state index in [1.165, 1.54) is 25.2 Å². The van der Waals surface area contributed by atoms with Crippen molar-refractivity contribution in [2.75, 3.05) is 0 Å². The molecular formula is C9H12O2SSi. The third kappa shape index (κ3) is 1.64. The third-order valence-corrected chi connectivity index (χ3v) is 8.65. The summed E-state index contributed by atoms with van der Waals surface area (Å²) >= 11 is 1.51. The fourth-order valence-corrected chi connectivity index (χ4v) is 5.25. The number of rotatable bonds is 3. The average Bonchev–Trinajstić information content (AvgIpc) is 2.54. The monoisotopic (exact) mass is 212 g/mol. The van der Waals surface area contributed by atoms with Crippen molar-refractivity contribution in [2.24, 2.45) is 0 Å². The molecule has 1 heterocycles. The molecule has 4 heteroatoms. The molecule has 2 nitrogen and oxygen atoms in total. The maximum absolute atomic E-state index is 11.5. The second-order valence-corrected chi connectivity index (χ2v) is 8.72. The molecule has 0 spiro atoms. The summed E-state index contributed by atoms with van der Waals surface area (Å²) in [5.74, 6) is 0. The smallest absolute Gasteiger partial charge is 0.244 e. The Balaban J connectivity index is 3.21. The minimum atomic E-state index is -2.49. The highest BCUT2D eigenvalue weighted by atomic mass is 32.1. The Labute approximate surface area is 82.6 Å². The highest BCUT2D eigenvalue weighted by molar-refractivity contribution is 7.42. The summed E-state index contributed by atoms with van der Waals surface area (Å²) in [5, 5.41) is 2.00. The number of carbonyl (C=O) groups excluding carboxylic acids is 2. The largest absolute Gasteiger partial charge is 0.305 e. The van der Waals surface area contributed by atoms with Crippen LogP contribution in [0.25, 0.3) is 0 Å².